The van der Waals surface area contributed by atoms with Gasteiger partial charge in [-0.25, -0.2) is 19.9 Å². The minimum absolute atomic E-state index is 0.119. The Morgan fingerprint density at radius 3 is 2.05 bits per heavy atom. The summed E-state index contributed by atoms with van der Waals surface area (Å²) in [5, 5.41) is 0. The highest BCUT2D eigenvalue weighted by Gasteiger charge is 2.27. The summed E-state index contributed by atoms with van der Waals surface area (Å²) in [6.45, 7) is 4.42. The normalized spacial score (nSPS) is 15.8. The molecule has 1 aliphatic carbocycles. The second kappa shape index (κ2) is 8.81. The van der Waals surface area contributed by atoms with Crippen molar-refractivity contribution in [1.82, 2.24) is 39.0 Å². The Bertz CT molecular complexity index is 1660. The van der Waals surface area contributed by atoms with Gasteiger partial charge in [0.05, 0.1) is 12.7 Å². The molecule has 0 N–H and O–H groups in total. The molecule has 10 nitrogen and oxygen atoms in total. The molecular formula is C27H26N8O2. The number of fused-ring (bicyclic) bond motifs is 2. The Labute approximate surface area is 213 Å². The van der Waals surface area contributed by atoms with E-state index in [9.17, 15) is 0 Å². The fraction of sp³-hybridized carbons (Fsp3) is 0.259. The summed E-state index contributed by atoms with van der Waals surface area (Å²) in [6.07, 6.45) is 13.5. The van der Waals surface area contributed by atoms with Crippen LogP contribution in [0.3, 0.4) is 0 Å². The third-order valence-corrected chi connectivity index (χ3v) is 6.76. The van der Waals surface area contributed by atoms with E-state index in [1.165, 1.54) is 23.8 Å². The predicted octanol–water partition coefficient (Wildman–Crippen LogP) is 4.44. The van der Waals surface area contributed by atoms with Crippen LogP contribution in [0.4, 0.5) is 0 Å². The van der Waals surface area contributed by atoms with E-state index in [0.29, 0.717) is 28.5 Å². The van der Waals surface area contributed by atoms with Gasteiger partial charge in [-0.2, -0.15) is 9.97 Å². The molecule has 1 atom stereocenters. The van der Waals surface area contributed by atoms with Crippen molar-refractivity contribution < 1.29 is 9.47 Å². The second-order valence-corrected chi connectivity index (χ2v) is 9.58. The highest BCUT2D eigenvalue weighted by atomic mass is 16.5. The van der Waals surface area contributed by atoms with Crippen LogP contribution in [0.15, 0.2) is 73.4 Å². The van der Waals surface area contributed by atoms with E-state index in [0.717, 1.165) is 17.7 Å². The number of aryl methyl sites for hydroxylation is 2. The lowest BCUT2D eigenvalue weighted by molar-refractivity contribution is 0.243. The summed E-state index contributed by atoms with van der Waals surface area (Å²) in [4.78, 5) is 25.8. The van der Waals surface area contributed by atoms with Crippen LogP contribution in [0, 0.1) is 0 Å². The van der Waals surface area contributed by atoms with Crippen LogP contribution in [0.5, 0.6) is 17.5 Å². The average molecular weight is 495 g/mol. The van der Waals surface area contributed by atoms with E-state index in [-0.39, 0.29) is 11.5 Å². The van der Waals surface area contributed by atoms with Crippen molar-refractivity contribution in [3.05, 3.63) is 78.9 Å². The number of allylic oxidation sites excluding steroid dienone is 2. The molecule has 6 rings (SSSR count). The first kappa shape index (κ1) is 22.8. The van der Waals surface area contributed by atoms with Gasteiger partial charge in [-0.15, -0.1) is 0 Å². The molecular weight excluding hydrogens is 468 g/mol. The zero-order valence-corrected chi connectivity index (χ0v) is 21.0. The quantitative estimate of drug-likeness (QED) is 0.341. The van der Waals surface area contributed by atoms with Crippen LogP contribution in [-0.2, 0) is 19.5 Å². The average Bonchev–Trinajstić information content (AvgIpc) is 3.49. The van der Waals surface area contributed by atoms with Crippen molar-refractivity contribution in [3.63, 3.8) is 0 Å². The highest BCUT2D eigenvalue weighted by molar-refractivity contribution is 5.76. The SMILES string of the molecule is Cn1cnc2c(Oc3ccc(C(C)(C)C4=CCC(Oc5ncnc6c5ncn6C)C=C4)cc3)ncnc21. The second-order valence-electron chi connectivity index (χ2n) is 9.58. The molecule has 1 aliphatic rings. The molecule has 0 fully saturated rings. The van der Waals surface area contributed by atoms with Gasteiger partial charge in [0.1, 0.15) is 24.5 Å². The topological polar surface area (TPSA) is 106 Å². The van der Waals surface area contributed by atoms with Crippen LogP contribution < -0.4 is 9.47 Å². The molecule has 4 heterocycles. The van der Waals surface area contributed by atoms with Crippen molar-refractivity contribution in [3.8, 4) is 17.5 Å². The Kier molecular flexibility index (Phi) is 5.44. The molecule has 0 amide bonds. The summed E-state index contributed by atoms with van der Waals surface area (Å²) in [7, 11) is 3.79. The maximum absolute atomic E-state index is 6.16. The van der Waals surface area contributed by atoms with Crippen molar-refractivity contribution in [1.29, 1.82) is 0 Å². The van der Waals surface area contributed by atoms with E-state index in [1.807, 2.05) is 35.4 Å². The smallest absolute Gasteiger partial charge is 0.250 e. The number of aromatic nitrogens is 8. The zero-order valence-electron chi connectivity index (χ0n) is 21.0. The molecule has 1 aromatic carbocycles. The third-order valence-electron chi connectivity index (χ3n) is 6.76. The number of hydrogen-bond acceptors (Lipinski definition) is 8. The molecule has 1 unspecified atom stereocenters. The molecule has 0 spiro atoms. The van der Waals surface area contributed by atoms with Gasteiger partial charge in [-0.05, 0) is 29.3 Å². The number of benzene rings is 1. The van der Waals surface area contributed by atoms with Crippen LogP contribution in [0.25, 0.3) is 22.3 Å². The number of rotatable bonds is 6. The van der Waals surface area contributed by atoms with Gasteiger partial charge >= 0.3 is 0 Å². The lowest BCUT2D eigenvalue weighted by Gasteiger charge is -2.30. The van der Waals surface area contributed by atoms with Gasteiger partial charge in [-0.3, -0.25) is 0 Å². The van der Waals surface area contributed by atoms with Gasteiger partial charge < -0.3 is 18.6 Å². The van der Waals surface area contributed by atoms with Gasteiger partial charge in [0.25, 0.3) is 5.88 Å². The van der Waals surface area contributed by atoms with E-state index < -0.39 is 0 Å². The van der Waals surface area contributed by atoms with Crippen molar-refractivity contribution >= 4 is 22.3 Å². The molecule has 10 heteroatoms. The van der Waals surface area contributed by atoms with Gasteiger partial charge in [0, 0.05) is 25.9 Å². The summed E-state index contributed by atoms with van der Waals surface area (Å²) in [5.41, 5.74) is 4.97. The lowest BCUT2D eigenvalue weighted by Crippen LogP contribution is -2.23. The van der Waals surface area contributed by atoms with E-state index >= 15 is 0 Å². The number of hydrogen-bond donors (Lipinski definition) is 0. The van der Waals surface area contributed by atoms with Crippen LogP contribution >= 0.6 is 0 Å². The number of imidazole rings is 2. The van der Waals surface area contributed by atoms with E-state index in [4.69, 9.17) is 9.47 Å². The van der Waals surface area contributed by atoms with Crippen molar-refractivity contribution in [2.45, 2.75) is 31.8 Å². The van der Waals surface area contributed by atoms with Crippen molar-refractivity contribution in [2.24, 2.45) is 14.1 Å². The molecule has 5 aromatic rings. The fourth-order valence-corrected chi connectivity index (χ4v) is 4.52. The standard InChI is InChI=1S/C27H26N8O2/c1-27(2,17-5-9-19(10-6-17)36-25-21-23(28-13-30-25)34(3)15-32-21)18-7-11-20(12-8-18)37-26-22-24(29-14-31-26)35(4)16-33-22/h5-11,13-16,20H,12H2,1-4H3. The first-order chi connectivity index (χ1) is 17.9. The Hall–Kier alpha value is -4.60. The Morgan fingerprint density at radius 1 is 0.811 bits per heavy atom. The monoisotopic (exact) mass is 494 g/mol. The highest BCUT2D eigenvalue weighted by Crippen LogP contribution is 2.36. The summed E-state index contributed by atoms with van der Waals surface area (Å²) in [5.74, 6) is 1.63. The van der Waals surface area contributed by atoms with E-state index in [2.05, 4.69) is 74.1 Å². The van der Waals surface area contributed by atoms with Crippen molar-refractivity contribution in [2.75, 3.05) is 0 Å². The third kappa shape index (κ3) is 4.10. The maximum Gasteiger partial charge on any atom is 0.250 e. The van der Waals surface area contributed by atoms with Crippen LogP contribution in [-0.4, -0.2) is 45.1 Å². The maximum atomic E-state index is 6.16. The minimum atomic E-state index is -0.202. The Morgan fingerprint density at radius 2 is 1.43 bits per heavy atom. The lowest BCUT2D eigenvalue weighted by atomic mass is 9.75. The molecule has 0 radical (unpaired) electrons. The molecule has 0 aliphatic heterocycles. The summed E-state index contributed by atoms with van der Waals surface area (Å²) < 4.78 is 15.9. The predicted molar refractivity (Wildman–Crippen MR) is 138 cm³/mol. The minimum Gasteiger partial charge on any atom is -0.468 e. The number of nitrogens with zero attached hydrogens (tertiary/aromatic N) is 8. The van der Waals surface area contributed by atoms with Crippen LogP contribution in [0.1, 0.15) is 25.8 Å². The molecule has 0 bridgehead atoms. The van der Waals surface area contributed by atoms with E-state index in [1.54, 1.807) is 12.7 Å². The summed E-state index contributed by atoms with van der Waals surface area (Å²) in [6, 6.07) is 8.09. The molecule has 186 valence electrons. The molecule has 0 saturated carbocycles. The van der Waals surface area contributed by atoms with Gasteiger partial charge in [0.15, 0.2) is 22.3 Å². The fourth-order valence-electron chi connectivity index (χ4n) is 4.52. The van der Waals surface area contributed by atoms with Gasteiger partial charge in [-0.1, -0.05) is 38.1 Å². The Balaban J connectivity index is 1.15. The molecule has 37 heavy (non-hydrogen) atoms. The molecule has 0 saturated heterocycles. The zero-order chi connectivity index (χ0) is 25.6. The van der Waals surface area contributed by atoms with Crippen LogP contribution in [0.2, 0.25) is 0 Å². The first-order valence-corrected chi connectivity index (χ1v) is 12.0. The first-order valence-electron chi connectivity index (χ1n) is 12.0. The van der Waals surface area contributed by atoms with Gasteiger partial charge in [0.2, 0.25) is 5.88 Å². The number of ether oxygens (including phenoxy) is 2. The molecule has 4 aromatic heterocycles. The largest absolute Gasteiger partial charge is 0.468 e. The summed E-state index contributed by atoms with van der Waals surface area (Å²) >= 11 is 0.